The van der Waals surface area contributed by atoms with Gasteiger partial charge in [-0.15, -0.1) is 0 Å². The Bertz CT molecular complexity index is 438. The molecule has 1 aromatic rings. The molecule has 0 spiro atoms. The number of aliphatic hydroxyl groups is 1. The van der Waals surface area contributed by atoms with Crippen molar-refractivity contribution in [3.05, 3.63) is 35.4 Å². The Balaban J connectivity index is 1.93. The monoisotopic (exact) mass is 275 g/mol. The Morgan fingerprint density at radius 1 is 1.30 bits per heavy atom. The van der Waals surface area contributed by atoms with E-state index in [1.807, 2.05) is 17.0 Å². The summed E-state index contributed by atoms with van der Waals surface area (Å²) in [4.78, 5) is 14.3. The van der Waals surface area contributed by atoms with Gasteiger partial charge in [0.15, 0.2) is 0 Å². The zero-order valence-electron chi connectivity index (χ0n) is 12.3. The highest BCUT2D eigenvalue weighted by atomic mass is 16.3. The van der Waals surface area contributed by atoms with Crippen LogP contribution < -0.4 is 0 Å². The first-order valence-electron chi connectivity index (χ1n) is 7.67. The lowest BCUT2D eigenvalue weighted by atomic mass is 10.0. The Hall–Kier alpha value is -1.35. The molecule has 0 radical (unpaired) electrons. The molecule has 3 heteroatoms. The summed E-state index contributed by atoms with van der Waals surface area (Å²) in [5.74, 6) is 0.189. The number of aryl methyl sites for hydroxylation is 2. The molecule has 110 valence electrons. The van der Waals surface area contributed by atoms with Crippen LogP contribution in [0.3, 0.4) is 0 Å². The molecule has 1 saturated carbocycles. The number of hydrogen-bond donors (Lipinski definition) is 1. The van der Waals surface area contributed by atoms with Gasteiger partial charge in [0.1, 0.15) is 0 Å². The largest absolute Gasteiger partial charge is 0.395 e. The number of carbonyl (C=O) groups is 1. The fraction of sp³-hybridized carbons (Fsp3) is 0.588. The van der Waals surface area contributed by atoms with Crippen LogP contribution in [0, 0.1) is 6.92 Å². The van der Waals surface area contributed by atoms with Crippen molar-refractivity contribution in [3.63, 3.8) is 0 Å². The van der Waals surface area contributed by atoms with Gasteiger partial charge in [-0.3, -0.25) is 4.79 Å². The second kappa shape index (κ2) is 7.44. The maximum Gasteiger partial charge on any atom is 0.223 e. The molecule has 2 rings (SSSR count). The number of amides is 1. The number of carbonyl (C=O) groups excluding carboxylic acids is 1. The maximum absolute atomic E-state index is 12.4. The van der Waals surface area contributed by atoms with E-state index in [2.05, 4.69) is 19.1 Å². The van der Waals surface area contributed by atoms with E-state index in [1.54, 1.807) is 0 Å². The van der Waals surface area contributed by atoms with E-state index in [1.165, 1.54) is 24.0 Å². The Kier molecular flexibility index (Phi) is 5.60. The van der Waals surface area contributed by atoms with Crippen LogP contribution in [0.1, 0.15) is 43.2 Å². The number of benzene rings is 1. The highest BCUT2D eigenvalue weighted by molar-refractivity contribution is 5.77. The molecule has 1 aromatic carbocycles. The molecule has 1 N–H and O–H groups in total. The summed E-state index contributed by atoms with van der Waals surface area (Å²) in [6, 6.07) is 8.58. The minimum absolute atomic E-state index is 0.0621. The van der Waals surface area contributed by atoms with Gasteiger partial charge in [-0.2, -0.15) is 0 Å². The molecule has 0 atom stereocenters. The standard InChI is InChI=1S/C17H25NO2/c1-14-6-2-3-7-15(14)10-11-17(20)18(12-13-19)16-8-4-5-9-16/h2-3,6-7,16,19H,4-5,8-13H2,1H3. The summed E-state index contributed by atoms with van der Waals surface area (Å²) >= 11 is 0. The molecule has 1 fully saturated rings. The minimum Gasteiger partial charge on any atom is -0.395 e. The smallest absolute Gasteiger partial charge is 0.223 e. The molecule has 1 aliphatic carbocycles. The number of nitrogens with zero attached hydrogens (tertiary/aromatic N) is 1. The van der Waals surface area contributed by atoms with Gasteiger partial charge < -0.3 is 10.0 Å². The van der Waals surface area contributed by atoms with E-state index in [4.69, 9.17) is 0 Å². The molecule has 0 aromatic heterocycles. The third-order valence-corrected chi connectivity index (χ3v) is 4.30. The molecule has 20 heavy (non-hydrogen) atoms. The van der Waals surface area contributed by atoms with Gasteiger partial charge in [0.25, 0.3) is 0 Å². The molecule has 0 bridgehead atoms. The van der Waals surface area contributed by atoms with Gasteiger partial charge in [-0.05, 0) is 37.3 Å². The van der Waals surface area contributed by atoms with Gasteiger partial charge in [0, 0.05) is 19.0 Å². The first-order valence-corrected chi connectivity index (χ1v) is 7.67. The molecule has 3 nitrogen and oxygen atoms in total. The van der Waals surface area contributed by atoms with E-state index >= 15 is 0 Å². The van der Waals surface area contributed by atoms with E-state index in [9.17, 15) is 9.90 Å². The predicted octanol–water partition coefficient (Wildman–Crippen LogP) is 2.69. The van der Waals surface area contributed by atoms with Crippen molar-refractivity contribution in [1.82, 2.24) is 4.90 Å². The summed E-state index contributed by atoms with van der Waals surface area (Å²) in [7, 11) is 0. The fourth-order valence-electron chi connectivity index (χ4n) is 3.11. The van der Waals surface area contributed by atoms with Crippen LogP contribution in [0.15, 0.2) is 24.3 Å². The molecule has 0 unspecified atom stereocenters. The fourth-order valence-corrected chi connectivity index (χ4v) is 3.11. The van der Waals surface area contributed by atoms with Crippen LogP contribution in [0.4, 0.5) is 0 Å². The topological polar surface area (TPSA) is 40.5 Å². The summed E-state index contributed by atoms with van der Waals surface area (Å²) < 4.78 is 0. The summed E-state index contributed by atoms with van der Waals surface area (Å²) in [5.41, 5.74) is 2.49. The average Bonchev–Trinajstić information content (AvgIpc) is 2.97. The molecular weight excluding hydrogens is 250 g/mol. The van der Waals surface area contributed by atoms with Crippen LogP contribution in [-0.2, 0) is 11.2 Å². The predicted molar refractivity (Wildman–Crippen MR) is 80.6 cm³/mol. The van der Waals surface area contributed by atoms with Crippen LogP contribution in [0.2, 0.25) is 0 Å². The lowest BCUT2D eigenvalue weighted by Crippen LogP contribution is -2.40. The van der Waals surface area contributed by atoms with Gasteiger partial charge in [0.05, 0.1) is 6.61 Å². The quantitative estimate of drug-likeness (QED) is 0.867. The van der Waals surface area contributed by atoms with Crippen molar-refractivity contribution >= 4 is 5.91 Å². The van der Waals surface area contributed by atoms with Crippen molar-refractivity contribution in [2.45, 2.75) is 51.5 Å². The number of hydrogen-bond acceptors (Lipinski definition) is 2. The van der Waals surface area contributed by atoms with Crippen molar-refractivity contribution in [2.24, 2.45) is 0 Å². The SMILES string of the molecule is Cc1ccccc1CCC(=O)N(CCO)C1CCCC1. The Morgan fingerprint density at radius 3 is 2.65 bits per heavy atom. The second-order valence-corrected chi connectivity index (χ2v) is 5.68. The van der Waals surface area contributed by atoms with E-state index in [0.717, 1.165) is 19.3 Å². The highest BCUT2D eigenvalue weighted by Gasteiger charge is 2.25. The van der Waals surface area contributed by atoms with Gasteiger partial charge in [-0.25, -0.2) is 0 Å². The first-order chi connectivity index (χ1) is 9.72. The Morgan fingerprint density at radius 2 is 2.00 bits per heavy atom. The third kappa shape index (κ3) is 3.83. The molecular formula is C17H25NO2. The average molecular weight is 275 g/mol. The zero-order valence-corrected chi connectivity index (χ0v) is 12.3. The third-order valence-electron chi connectivity index (χ3n) is 4.30. The molecule has 0 aliphatic heterocycles. The minimum atomic E-state index is 0.0621. The zero-order chi connectivity index (χ0) is 14.4. The van der Waals surface area contributed by atoms with Crippen molar-refractivity contribution in [3.8, 4) is 0 Å². The maximum atomic E-state index is 12.4. The van der Waals surface area contributed by atoms with Gasteiger partial charge >= 0.3 is 0 Å². The van der Waals surface area contributed by atoms with Crippen LogP contribution in [-0.4, -0.2) is 35.1 Å². The number of aliphatic hydroxyl groups excluding tert-OH is 1. The molecule has 0 saturated heterocycles. The highest BCUT2D eigenvalue weighted by Crippen LogP contribution is 2.24. The van der Waals surface area contributed by atoms with Crippen LogP contribution in [0.5, 0.6) is 0 Å². The summed E-state index contributed by atoms with van der Waals surface area (Å²) in [5, 5.41) is 9.18. The van der Waals surface area contributed by atoms with E-state index in [0.29, 0.717) is 19.0 Å². The van der Waals surface area contributed by atoms with Gasteiger partial charge in [0.2, 0.25) is 5.91 Å². The number of rotatable bonds is 6. The summed E-state index contributed by atoms with van der Waals surface area (Å²) in [6.45, 7) is 2.63. The van der Waals surface area contributed by atoms with Crippen LogP contribution >= 0.6 is 0 Å². The molecule has 1 aliphatic rings. The van der Waals surface area contributed by atoms with Crippen molar-refractivity contribution in [2.75, 3.05) is 13.2 Å². The van der Waals surface area contributed by atoms with Gasteiger partial charge in [-0.1, -0.05) is 37.1 Å². The van der Waals surface area contributed by atoms with E-state index in [-0.39, 0.29) is 12.5 Å². The lowest BCUT2D eigenvalue weighted by Gasteiger charge is -2.28. The van der Waals surface area contributed by atoms with Crippen LogP contribution in [0.25, 0.3) is 0 Å². The molecule has 1 amide bonds. The second-order valence-electron chi connectivity index (χ2n) is 5.68. The Labute approximate surface area is 121 Å². The molecule has 0 heterocycles. The lowest BCUT2D eigenvalue weighted by molar-refractivity contribution is -0.134. The van der Waals surface area contributed by atoms with Crippen molar-refractivity contribution in [1.29, 1.82) is 0 Å². The summed E-state index contributed by atoms with van der Waals surface area (Å²) in [6.07, 6.45) is 5.93. The van der Waals surface area contributed by atoms with Crippen molar-refractivity contribution < 1.29 is 9.90 Å². The first kappa shape index (κ1) is 15.0. The normalized spacial score (nSPS) is 15.5. The van der Waals surface area contributed by atoms with E-state index < -0.39 is 0 Å².